The van der Waals surface area contributed by atoms with E-state index in [2.05, 4.69) is 5.32 Å². The maximum absolute atomic E-state index is 13.2. The summed E-state index contributed by atoms with van der Waals surface area (Å²) in [5.74, 6) is 1.36. The first-order valence-electron chi connectivity index (χ1n) is 9.55. The Labute approximate surface area is 183 Å². The molecule has 0 bridgehead atoms. The third-order valence-electron chi connectivity index (χ3n) is 5.26. The summed E-state index contributed by atoms with van der Waals surface area (Å²) in [6.07, 6.45) is 2.66. The van der Waals surface area contributed by atoms with E-state index in [9.17, 15) is 4.79 Å². The zero-order chi connectivity index (χ0) is 20.7. The summed E-state index contributed by atoms with van der Waals surface area (Å²) in [6, 6.07) is 18.5. The molecular formula is C23H17Cl2N3O2. The van der Waals surface area contributed by atoms with Crippen molar-refractivity contribution >= 4 is 40.5 Å². The molecule has 0 aliphatic heterocycles. The Morgan fingerprint density at radius 1 is 0.967 bits per heavy atom. The van der Waals surface area contributed by atoms with E-state index >= 15 is 0 Å². The number of benzene rings is 2. The number of Topliss-reactive ketones (excluding diaryl/α,β-unsaturated/α-hetero) is 1. The summed E-state index contributed by atoms with van der Waals surface area (Å²) in [7, 11) is 0. The van der Waals surface area contributed by atoms with Gasteiger partial charge in [-0.2, -0.15) is 0 Å². The number of furan rings is 1. The van der Waals surface area contributed by atoms with Gasteiger partial charge in [0.25, 0.3) is 0 Å². The van der Waals surface area contributed by atoms with Gasteiger partial charge in [-0.25, -0.2) is 4.68 Å². The quantitative estimate of drug-likeness (QED) is 0.399. The SMILES string of the molecule is O=C1CC(c2ccco2)Cc2c1c(Nc1ccc(Cl)cc1)nn2-c1ccc(Cl)cc1. The second-order valence-electron chi connectivity index (χ2n) is 7.23. The Morgan fingerprint density at radius 3 is 2.33 bits per heavy atom. The van der Waals surface area contributed by atoms with Crippen LogP contribution in [-0.2, 0) is 6.42 Å². The van der Waals surface area contributed by atoms with Crippen molar-refractivity contribution in [3.63, 3.8) is 0 Å². The average Bonchev–Trinajstić information content (AvgIpc) is 3.39. The van der Waals surface area contributed by atoms with E-state index in [0.717, 1.165) is 22.8 Å². The Bertz CT molecular complexity index is 1200. The molecule has 0 saturated carbocycles. The lowest BCUT2D eigenvalue weighted by Gasteiger charge is -2.21. The molecule has 0 radical (unpaired) electrons. The molecule has 1 unspecified atom stereocenters. The van der Waals surface area contributed by atoms with Crippen LogP contribution in [0.1, 0.15) is 34.2 Å². The van der Waals surface area contributed by atoms with Crippen molar-refractivity contribution in [3.05, 3.63) is 94.0 Å². The third-order valence-corrected chi connectivity index (χ3v) is 5.76. The topological polar surface area (TPSA) is 60.1 Å². The molecule has 2 heterocycles. The zero-order valence-electron chi connectivity index (χ0n) is 15.8. The number of anilines is 2. The highest BCUT2D eigenvalue weighted by atomic mass is 35.5. The molecule has 30 heavy (non-hydrogen) atoms. The van der Waals surface area contributed by atoms with Gasteiger partial charge >= 0.3 is 0 Å². The smallest absolute Gasteiger partial charge is 0.169 e. The van der Waals surface area contributed by atoms with Crippen LogP contribution in [0.4, 0.5) is 11.5 Å². The van der Waals surface area contributed by atoms with Gasteiger partial charge in [0, 0.05) is 34.5 Å². The number of carbonyl (C=O) groups excluding carboxylic acids is 1. The fraction of sp³-hybridized carbons (Fsp3) is 0.130. The lowest BCUT2D eigenvalue weighted by Crippen LogP contribution is -2.20. The maximum atomic E-state index is 13.2. The number of hydrogen-bond donors (Lipinski definition) is 1. The molecule has 4 aromatic rings. The molecular weight excluding hydrogens is 421 g/mol. The summed E-state index contributed by atoms with van der Waals surface area (Å²) in [4.78, 5) is 13.2. The summed E-state index contributed by atoms with van der Waals surface area (Å²) < 4.78 is 7.40. The molecule has 5 nitrogen and oxygen atoms in total. The van der Waals surface area contributed by atoms with E-state index in [1.54, 1.807) is 18.4 Å². The number of halogens is 2. The van der Waals surface area contributed by atoms with Crippen molar-refractivity contribution in [2.24, 2.45) is 0 Å². The summed E-state index contributed by atoms with van der Waals surface area (Å²) >= 11 is 12.1. The number of rotatable bonds is 4. The second-order valence-corrected chi connectivity index (χ2v) is 8.11. The number of ketones is 1. The van der Waals surface area contributed by atoms with E-state index < -0.39 is 0 Å². The first-order chi connectivity index (χ1) is 14.6. The second kappa shape index (κ2) is 7.67. The zero-order valence-corrected chi connectivity index (χ0v) is 17.3. The van der Waals surface area contributed by atoms with Crippen LogP contribution in [0.25, 0.3) is 5.69 Å². The van der Waals surface area contributed by atoms with Crippen LogP contribution in [0.5, 0.6) is 0 Å². The number of nitrogens with one attached hydrogen (secondary N) is 1. The maximum Gasteiger partial charge on any atom is 0.169 e. The van der Waals surface area contributed by atoms with Crippen LogP contribution in [0.2, 0.25) is 10.0 Å². The molecule has 1 N–H and O–H groups in total. The Balaban J connectivity index is 1.61. The molecule has 2 aromatic carbocycles. The highest BCUT2D eigenvalue weighted by Crippen LogP contribution is 2.38. The lowest BCUT2D eigenvalue weighted by atomic mass is 9.85. The van der Waals surface area contributed by atoms with Crippen molar-refractivity contribution in [1.82, 2.24) is 9.78 Å². The van der Waals surface area contributed by atoms with Crippen LogP contribution < -0.4 is 5.32 Å². The van der Waals surface area contributed by atoms with Gasteiger partial charge in [-0.15, -0.1) is 5.10 Å². The normalized spacial score (nSPS) is 15.8. The van der Waals surface area contributed by atoms with E-state index in [1.165, 1.54) is 0 Å². The van der Waals surface area contributed by atoms with Crippen molar-refractivity contribution in [2.45, 2.75) is 18.8 Å². The first kappa shape index (κ1) is 19.0. The molecule has 0 spiro atoms. The van der Waals surface area contributed by atoms with Gasteiger partial charge in [0.05, 0.1) is 23.2 Å². The largest absolute Gasteiger partial charge is 0.469 e. The van der Waals surface area contributed by atoms with Crippen molar-refractivity contribution in [3.8, 4) is 5.69 Å². The Hall–Kier alpha value is -3.02. The van der Waals surface area contributed by atoms with Gasteiger partial charge in [0.15, 0.2) is 11.6 Å². The van der Waals surface area contributed by atoms with Crippen LogP contribution in [-0.4, -0.2) is 15.6 Å². The molecule has 150 valence electrons. The minimum atomic E-state index is -0.0221. The molecule has 7 heteroatoms. The molecule has 1 atom stereocenters. The molecule has 0 amide bonds. The van der Waals surface area contributed by atoms with Gasteiger partial charge in [0.2, 0.25) is 0 Å². The molecule has 0 fully saturated rings. The van der Waals surface area contributed by atoms with Crippen LogP contribution in [0, 0.1) is 0 Å². The van der Waals surface area contributed by atoms with Gasteiger partial charge < -0.3 is 9.73 Å². The highest BCUT2D eigenvalue weighted by Gasteiger charge is 2.34. The molecule has 1 aliphatic rings. The van der Waals surface area contributed by atoms with E-state index in [4.69, 9.17) is 32.7 Å². The van der Waals surface area contributed by atoms with Crippen molar-refractivity contribution in [1.29, 1.82) is 0 Å². The van der Waals surface area contributed by atoms with Gasteiger partial charge in [-0.3, -0.25) is 4.79 Å². The van der Waals surface area contributed by atoms with E-state index in [0.29, 0.717) is 34.3 Å². The van der Waals surface area contributed by atoms with E-state index in [-0.39, 0.29) is 11.7 Å². The molecule has 5 rings (SSSR count). The fourth-order valence-corrected chi connectivity index (χ4v) is 4.10. The lowest BCUT2D eigenvalue weighted by molar-refractivity contribution is 0.0960. The third kappa shape index (κ3) is 3.51. The van der Waals surface area contributed by atoms with Gasteiger partial charge in [0.1, 0.15) is 5.76 Å². The first-order valence-corrected chi connectivity index (χ1v) is 10.3. The van der Waals surface area contributed by atoms with Crippen LogP contribution >= 0.6 is 23.2 Å². The predicted molar refractivity (Wildman–Crippen MR) is 117 cm³/mol. The minimum absolute atomic E-state index is 0.0221. The fourth-order valence-electron chi connectivity index (χ4n) is 3.84. The highest BCUT2D eigenvalue weighted by molar-refractivity contribution is 6.30. The summed E-state index contributed by atoms with van der Waals surface area (Å²) in [6.45, 7) is 0. The average molecular weight is 438 g/mol. The van der Waals surface area contributed by atoms with Gasteiger partial charge in [-0.05, 0) is 60.7 Å². The number of hydrogen-bond acceptors (Lipinski definition) is 4. The van der Waals surface area contributed by atoms with E-state index in [1.807, 2.05) is 53.2 Å². The number of nitrogens with zero attached hydrogens (tertiary/aromatic N) is 2. The number of carbonyl (C=O) groups is 1. The predicted octanol–water partition coefficient (Wildman–Crippen LogP) is 6.43. The van der Waals surface area contributed by atoms with Crippen LogP contribution in [0.3, 0.4) is 0 Å². The standard InChI is InChI=1S/C23H17Cl2N3O2/c24-15-3-7-17(8-4-15)26-23-22-19(28(27-23)18-9-5-16(25)6-10-18)12-14(13-20(22)29)21-2-1-11-30-21/h1-11,14H,12-13H2,(H,26,27). The minimum Gasteiger partial charge on any atom is -0.469 e. The summed E-state index contributed by atoms with van der Waals surface area (Å²) in [5.41, 5.74) is 3.12. The Kier molecular flexibility index (Phi) is 4.85. The number of fused-ring (bicyclic) bond motifs is 1. The molecule has 1 aliphatic carbocycles. The van der Waals surface area contributed by atoms with Crippen molar-refractivity contribution in [2.75, 3.05) is 5.32 Å². The van der Waals surface area contributed by atoms with Crippen molar-refractivity contribution < 1.29 is 9.21 Å². The molecule has 0 saturated heterocycles. The Morgan fingerprint density at radius 2 is 1.67 bits per heavy atom. The number of aromatic nitrogens is 2. The van der Waals surface area contributed by atoms with Crippen LogP contribution in [0.15, 0.2) is 71.3 Å². The monoisotopic (exact) mass is 437 g/mol. The van der Waals surface area contributed by atoms with Gasteiger partial charge in [-0.1, -0.05) is 23.2 Å². The molecule has 2 aromatic heterocycles. The summed E-state index contributed by atoms with van der Waals surface area (Å²) in [5, 5.41) is 9.32.